The highest BCUT2D eigenvalue weighted by atomic mass is 16.6. The Kier molecular flexibility index (Phi) is 6.61. The maximum absolute atomic E-state index is 11.5. The van der Waals surface area contributed by atoms with E-state index < -0.39 is 4.92 Å². The molecule has 0 saturated carbocycles. The average molecular weight is 295 g/mol. The van der Waals surface area contributed by atoms with E-state index in [-0.39, 0.29) is 36.4 Å². The summed E-state index contributed by atoms with van der Waals surface area (Å²) in [6.07, 6.45) is 0.160. The van der Waals surface area contributed by atoms with E-state index in [1.165, 1.54) is 6.07 Å². The number of nitro benzene ring substituents is 1. The third-order valence-corrected chi connectivity index (χ3v) is 2.64. The lowest BCUT2D eigenvalue weighted by molar-refractivity contribution is -0.385. The van der Waals surface area contributed by atoms with Gasteiger partial charge in [0.1, 0.15) is 0 Å². The molecule has 0 fully saturated rings. The molecular formula is C14H21N3O4. The monoisotopic (exact) mass is 295 g/mol. The first kappa shape index (κ1) is 16.9. The number of hydrogen-bond donors (Lipinski definition) is 2. The van der Waals surface area contributed by atoms with Crippen molar-refractivity contribution in [2.45, 2.75) is 32.9 Å². The number of rotatable bonds is 8. The lowest BCUT2D eigenvalue weighted by atomic mass is 10.2. The zero-order chi connectivity index (χ0) is 15.8. The first-order valence-electron chi connectivity index (χ1n) is 6.78. The highest BCUT2D eigenvalue weighted by Gasteiger charge is 2.16. The Bertz CT molecular complexity index is 503. The molecular weight excluding hydrogens is 274 g/mol. The summed E-state index contributed by atoms with van der Waals surface area (Å²) in [5, 5.41) is 16.7. The summed E-state index contributed by atoms with van der Waals surface area (Å²) in [6, 6.07) is 4.85. The Hall–Kier alpha value is -2.15. The number of nitrogens with zero attached hydrogens (tertiary/aromatic N) is 1. The smallest absolute Gasteiger partial charge is 0.311 e. The summed E-state index contributed by atoms with van der Waals surface area (Å²) in [7, 11) is 1.77. The highest BCUT2D eigenvalue weighted by molar-refractivity contribution is 5.76. The van der Waals surface area contributed by atoms with Crippen LogP contribution >= 0.6 is 0 Å². The number of hydrogen-bond acceptors (Lipinski definition) is 5. The van der Waals surface area contributed by atoms with Crippen molar-refractivity contribution in [3.8, 4) is 5.75 Å². The molecule has 21 heavy (non-hydrogen) atoms. The molecule has 0 atom stereocenters. The molecule has 0 radical (unpaired) electrons. The van der Waals surface area contributed by atoms with E-state index in [2.05, 4.69) is 10.6 Å². The second-order valence-electron chi connectivity index (χ2n) is 4.91. The topological polar surface area (TPSA) is 93.5 Å². The Morgan fingerprint density at radius 3 is 2.71 bits per heavy atom. The lowest BCUT2D eigenvalue weighted by Crippen LogP contribution is -2.31. The van der Waals surface area contributed by atoms with Gasteiger partial charge in [-0.2, -0.15) is 0 Å². The van der Waals surface area contributed by atoms with E-state index >= 15 is 0 Å². The van der Waals surface area contributed by atoms with E-state index in [0.29, 0.717) is 6.54 Å². The zero-order valence-corrected chi connectivity index (χ0v) is 12.5. The second kappa shape index (κ2) is 8.21. The van der Waals surface area contributed by atoms with Crippen LogP contribution in [0, 0.1) is 10.1 Å². The van der Waals surface area contributed by atoms with Crippen LogP contribution in [0.3, 0.4) is 0 Å². The Morgan fingerprint density at radius 2 is 2.14 bits per heavy atom. The fraction of sp³-hybridized carbons (Fsp3) is 0.500. The summed E-state index contributed by atoms with van der Waals surface area (Å²) < 4.78 is 5.36. The predicted molar refractivity (Wildman–Crippen MR) is 79.3 cm³/mol. The Balaban J connectivity index is 2.66. The molecule has 0 aromatic heterocycles. The fourth-order valence-corrected chi connectivity index (χ4v) is 1.79. The van der Waals surface area contributed by atoms with Crippen molar-refractivity contribution in [2.75, 3.05) is 13.7 Å². The number of ether oxygens (including phenoxy) is 1. The SMILES string of the molecule is CNCc1ccc(OCCC(=O)NC(C)C)c([N+](=O)[O-])c1. The van der Waals surface area contributed by atoms with Gasteiger partial charge in [0.15, 0.2) is 5.75 Å². The van der Waals surface area contributed by atoms with Crippen LogP contribution in [0.15, 0.2) is 18.2 Å². The molecule has 1 amide bonds. The van der Waals surface area contributed by atoms with Crippen LogP contribution in [0.25, 0.3) is 0 Å². The van der Waals surface area contributed by atoms with Crippen molar-refractivity contribution in [3.63, 3.8) is 0 Å². The van der Waals surface area contributed by atoms with Crippen molar-refractivity contribution in [1.29, 1.82) is 0 Å². The van der Waals surface area contributed by atoms with Gasteiger partial charge in [-0.05, 0) is 32.5 Å². The van der Waals surface area contributed by atoms with E-state index in [4.69, 9.17) is 4.74 Å². The molecule has 0 saturated heterocycles. The molecule has 0 unspecified atom stereocenters. The molecule has 7 heteroatoms. The Morgan fingerprint density at radius 1 is 1.43 bits per heavy atom. The van der Waals surface area contributed by atoms with Crippen molar-refractivity contribution in [3.05, 3.63) is 33.9 Å². The van der Waals surface area contributed by atoms with Crippen LogP contribution in [0.1, 0.15) is 25.8 Å². The van der Waals surface area contributed by atoms with Gasteiger partial charge < -0.3 is 15.4 Å². The van der Waals surface area contributed by atoms with Crippen LogP contribution in [-0.4, -0.2) is 30.5 Å². The standard InChI is InChI=1S/C14H21N3O4/c1-10(2)16-14(18)6-7-21-13-5-4-11(9-15-3)8-12(13)17(19)20/h4-5,8,10,15H,6-7,9H2,1-3H3,(H,16,18). The average Bonchev–Trinajstić information content (AvgIpc) is 2.39. The van der Waals surface area contributed by atoms with Gasteiger partial charge in [0, 0.05) is 18.7 Å². The third-order valence-electron chi connectivity index (χ3n) is 2.64. The number of carbonyl (C=O) groups excluding carboxylic acids is 1. The summed E-state index contributed by atoms with van der Waals surface area (Å²) in [4.78, 5) is 22.0. The summed E-state index contributed by atoms with van der Waals surface area (Å²) >= 11 is 0. The van der Waals surface area contributed by atoms with Crippen molar-refractivity contribution in [2.24, 2.45) is 0 Å². The molecule has 1 aromatic rings. The van der Waals surface area contributed by atoms with E-state index in [1.807, 2.05) is 13.8 Å². The first-order valence-corrected chi connectivity index (χ1v) is 6.78. The van der Waals surface area contributed by atoms with E-state index in [0.717, 1.165) is 5.56 Å². The molecule has 0 aliphatic heterocycles. The van der Waals surface area contributed by atoms with Crippen molar-refractivity contribution in [1.82, 2.24) is 10.6 Å². The minimum Gasteiger partial charge on any atom is -0.486 e. The van der Waals surface area contributed by atoms with Crippen LogP contribution in [0.5, 0.6) is 5.75 Å². The number of nitrogens with one attached hydrogen (secondary N) is 2. The molecule has 0 aliphatic rings. The summed E-state index contributed by atoms with van der Waals surface area (Å²) in [5.74, 6) is 0.0386. The van der Waals surface area contributed by atoms with Crippen LogP contribution < -0.4 is 15.4 Å². The molecule has 1 aromatic carbocycles. The van der Waals surface area contributed by atoms with Crippen molar-refractivity contribution < 1.29 is 14.5 Å². The third kappa shape index (κ3) is 5.78. The lowest BCUT2D eigenvalue weighted by Gasteiger charge is -2.10. The van der Waals surface area contributed by atoms with Crippen LogP contribution in [-0.2, 0) is 11.3 Å². The van der Waals surface area contributed by atoms with Gasteiger partial charge in [0.05, 0.1) is 18.0 Å². The van der Waals surface area contributed by atoms with Crippen LogP contribution in [0.2, 0.25) is 0 Å². The van der Waals surface area contributed by atoms with Gasteiger partial charge in [-0.15, -0.1) is 0 Å². The van der Waals surface area contributed by atoms with E-state index in [9.17, 15) is 14.9 Å². The summed E-state index contributed by atoms with van der Waals surface area (Å²) in [6.45, 7) is 4.37. The van der Waals surface area contributed by atoms with Crippen LogP contribution in [0.4, 0.5) is 5.69 Å². The normalized spacial score (nSPS) is 10.5. The molecule has 0 aliphatic carbocycles. The predicted octanol–water partition coefficient (Wildman–Crippen LogP) is 1.61. The van der Waals surface area contributed by atoms with Gasteiger partial charge in [0.2, 0.25) is 5.91 Å². The summed E-state index contributed by atoms with van der Waals surface area (Å²) in [5.41, 5.74) is 0.709. The second-order valence-corrected chi connectivity index (χ2v) is 4.91. The molecule has 0 heterocycles. The minimum atomic E-state index is -0.483. The van der Waals surface area contributed by atoms with Gasteiger partial charge in [0.25, 0.3) is 0 Å². The van der Waals surface area contributed by atoms with Gasteiger partial charge in [-0.1, -0.05) is 6.07 Å². The molecule has 0 bridgehead atoms. The maximum Gasteiger partial charge on any atom is 0.311 e. The first-order chi connectivity index (χ1) is 9.93. The minimum absolute atomic E-state index is 0.0627. The number of carbonyl (C=O) groups is 1. The van der Waals surface area contributed by atoms with Gasteiger partial charge in [-0.3, -0.25) is 14.9 Å². The number of nitro groups is 1. The zero-order valence-electron chi connectivity index (χ0n) is 12.5. The van der Waals surface area contributed by atoms with Gasteiger partial charge >= 0.3 is 5.69 Å². The van der Waals surface area contributed by atoms with Gasteiger partial charge in [-0.25, -0.2) is 0 Å². The molecule has 7 nitrogen and oxygen atoms in total. The highest BCUT2D eigenvalue weighted by Crippen LogP contribution is 2.28. The van der Waals surface area contributed by atoms with E-state index in [1.54, 1.807) is 19.2 Å². The number of benzene rings is 1. The fourth-order valence-electron chi connectivity index (χ4n) is 1.79. The van der Waals surface area contributed by atoms with Crippen molar-refractivity contribution >= 4 is 11.6 Å². The number of amides is 1. The Labute approximate surface area is 123 Å². The molecule has 2 N–H and O–H groups in total. The molecule has 1 rings (SSSR count). The molecule has 0 spiro atoms. The largest absolute Gasteiger partial charge is 0.486 e. The quantitative estimate of drug-likeness (QED) is 0.561. The maximum atomic E-state index is 11.5. The molecule has 116 valence electrons.